The summed E-state index contributed by atoms with van der Waals surface area (Å²) >= 11 is 0. The molecule has 0 radical (unpaired) electrons. The Bertz CT molecular complexity index is 1430. The zero-order chi connectivity index (χ0) is 32.7. The Hall–Kier alpha value is -4.35. The zero-order valence-corrected chi connectivity index (χ0v) is 25.9. The number of carbonyl (C=O) groups excluding carboxylic acids is 5. The van der Waals surface area contributed by atoms with Crippen molar-refractivity contribution >= 4 is 29.5 Å². The Balaban J connectivity index is 1.34. The highest BCUT2D eigenvalue weighted by atomic mass is 19.3. The number of nitrogens with zero attached hydrogens (tertiary/aromatic N) is 3. The maximum Gasteiger partial charge on any atom is 0.251 e. The molecule has 10 nitrogen and oxygen atoms in total. The monoisotopic (exact) mass is 637 g/mol. The molecule has 2 N–H and O–H groups in total. The second-order valence-corrected chi connectivity index (χ2v) is 12.5. The summed E-state index contributed by atoms with van der Waals surface area (Å²) in [5.74, 6) is -5.14. The van der Waals surface area contributed by atoms with Crippen LogP contribution in [0.3, 0.4) is 0 Å². The number of amides is 5. The predicted octanol–water partition coefficient (Wildman–Crippen LogP) is 2.51. The minimum absolute atomic E-state index is 0.0738. The van der Waals surface area contributed by atoms with Crippen molar-refractivity contribution in [3.05, 3.63) is 71.3 Å². The first kappa shape index (κ1) is 33.0. The number of likely N-dealkylation sites (tertiary alicyclic amines) is 1. The Morgan fingerprint density at radius 3 is 2.35 bits per heavy atom. The number of fused-ring (bicyclic) bond motifs is 3. The summed E-state index contributed by atoms with van der Waals surface area (Å²) in [4.78, 5) is 70.8. The van der Waals surface area contributed by atoms with Gasteiger partial charge in [0, 0.05) is 65.0 Å². The molecule has 0 aliphatic carbocycles. The molecule has 3 aliphatic rings. The van der Waals surface area contributed by atoms with Crippen molar-refractivity contribution in [1.82, 2.24) is 25.3 Å². The molecule has 2 atom stereocenters. The smallest absolute Gasteiger partial charge is 0.251 e. The first-order valence-electron chi connectivity index (χ1n) is 15.9. The Labute approximate surface area is 267 Å². The van der Waals surface area contributed by atoms with E-state index in [-0.39, 0.29) is 75.6 Å². The summed E-state index contributed by atoms with van der Waals surface area (Å²) < 4.78 is 27.5. The topological polar surface area (TPSA) is 119 Å². The van der Waals surface area contributed by atoms with E-state index in [1.807, 2.05) is 54.6 Å². The van der Waals surface area contributed by atoms with Crippen LogP contribution in [0, 0.1) is 11.8 Å². The molecule has 0 unspecified atom stereocenters. The van der Waals surface area contributed by atoms with E-state index < -0.39 is 43.0 Å². The molecular formula is C34H41F2N5O5. The average molecular weight is 638 g/mol. The predicted molar refractivity (Wildman–Crippen MR) is 165 cm³/mol. The molecule has 2 saturated heterocycles. The first-order chi connectivity index (χ1) is 22.1. The number of alkyl halides is 2. The van der Waals surface area contributed by atoms with Crippen molar-refractivity contribution in [1.29, 1.82) is 0 Å². The lowest BCUT2D eigenvalue weighted by molar-refractivity contribution is -0.146. The van der Waals surface area contributed by atoms with E-state index in [0.717, 1.165) is 16.7 Å². The quantitative estimate of drug-likeness (QED) is 0.505. The number of piperidine rings is 2. The molecule has 0 spiro atoms. The number of hydrogen-bond acceptors (Lipinski definition) is 5. The number of halogens is 2. The van der Waals surface area contributed by atoms with Gasteiger partial charge in [-0.3, -0.25) is 24.0 Å². The van der Waals surface area contributed by atoms with Crippen LogP contribution in [-0.4, -0.2) is 89.4 Å². The number of hydrogen-bond donors (Lipinski definition) is 2. The third-order valence-electron chi connectivity index (χ3n) is 9.26. The minimum Gasteiger partial charge on any atom is -0.352 e. The van der Waals surface area contributed by atoms with Gasteiger partial charge in [0.15, 0.2) is 0 Å². The van der Waals surface area contributed by atoms with Crippen LogP contribution in [0.1, 0.15) is 48.8 Å². The Morgan fingerprint density at radius 2 is 1.61 bits per heavy atom. The van der Waals surface area contributed by atoms with Crippen LogP contribution >= 0.6 is 0 Å². The van der Waals surface area contributed by atoms with Crippen LogP contribution in [0.2, 0.25) is 0 Å². The average Bonchev–Trinajstić information content (AvgIpc) is 3.03. The summed E-state index contributed by atoms with van der Waals surface area (Å²) in [5.41, 5.74) is 2.51. The Kier molecular flexibility index (Phi) is 10.6. The van der Waals surface area contributed by atoms with E-state index in [9.17, 15) is 32.8 Å². The number of nitrogens with one attached hydrogen (secondary N) is 2. The number of benzene rings is 2. The second kappa shape index (κ2) is 14.8. The summed E-state index contributed by atoms with van der Waals surface area (Å²) in [6.45, 7) is 0.156. The summed E-state index contributed by atoms with van der Waals surface area (Å²) in [5, 5.41) is 5.75. The molecule has 0 aromatic heterocycles. The van der Waals surface area contributed by atoms with Gasteiger partial charge in [-0.05, 0) is 34.9 Å². The molecule has 12 heteroatoms. The molecule has 2 aromatic rings. The van der Waals surface area contributed by atoms with E-state index in [0.29, 0.717) is 19.5 Å². The lowest BCUT2D eigenvalue weighted by atomic mass is 9.80. The standard InChI is InChI=1S/C34H41F2N5O5/c35-34(36)11-14-39(15-12-34)33(46)23-41-22-30(43)38-20-27-9-5-4-8-25(27)17-31(44)40-13-10-26(28(21-40)18-32(41)45)16-29(42)37-19-24-6-2-1-3-7-24/h1-9,26,28H,10-23H2,(H,37,42)(H,38,43)/t26-,28-/m0/s1. The number of rotatable bonds is 6. The molecule has 3 aliphatic heterocycles. The van der Waals surface area contributed by atoms with Crippen LogP contribution in [0.25, 0.3) is 0 Å². The highest BCUT2D eigenvalue weighted by molar-refractivity contribution is 5.89. The van der Waals surface area contributed by atoms with Crippen LogP contribution in [-0.2, 0) is 43.5 Å². The molecular weight excluding hydrogens is 596 g/mol. The third-order valence-corrected chi connectivity index (χ3v) is 9.26. The maximum atomic E-state index is 13.8. The fourth-order valence-corrected chi connectivity index (χ4v) is 6.45. The van der Waals surface area contributed by atoms with E-state index in [2.05, 4.69) is 10.6 Å². The van der Waals surface area contributed by atoms with E-state index in [1.54, 1.807) is 4.90 Å². The lowest BCUT2D eigenvalue weighted by Crippen LogP contribution is -2.51. The van der Waals surface area contributed by atoms with E-state index in [4.69, 9.17) is 0 Å². The first-order valence-corrected chi connectivity index (χ1v) is 15.9. The van der Waals surface area contributed by atoms with Gasteiger partial charge in [0.05, 0.1) is 6.42 Å². The van der Waals surface area contributed by atoms with Crippen LogP contribution in [0.4, 0.5) is 8.78 Å². The van der Waals surface area contributed by atoms with Crippen molar-refractivity contribution in [2.45, 2.75) is 57.5 Å². The molecule has 2 aromatic carbocycles. The number of carbonyl (C=O) groups is 5. The van der Waals surface area contributed by atoms with Gasteiger partial charge in [0.25, 0.3) is 5.92 Å². The van der Waals surface area contributed by atoms with E-state index in [1.165, 1.54) is 9.80 Å². The summed E-state index contributed by atoms with van der Waals surface area (Å²) in [6.07, 6.45) is -0.151. The Morgan fingerprint density at radius 1 is 0.913 bits per heavy atom. The molecule has 3 heterocycles. The van der Waals surface area contributed by atoms with Crippen molar-refractivity contribution in [2.24, 2.45) is 11.8 Å². The highest BCUT2D eigenvalue weighted by Gasteiger charge is 2.38. The molecule has 2 bridgehead atoms. The fourth-order valence-electron chi connectivity index (χ4n) is 6.45. The summed E-state index contributed by atoms with van der Waals surface area (Å²) in [6, 6.07) is 16.9. The van der Waals surface area contributed by atoms with Gasteiger partial charge in [-0.25, -0.2) is 8.78 Å². The van der Waals surface area contributed by atoms with Gasteiger partial charge in [0.2, 0.25) is 29.5 Å². The van der Waals surface area contributed by atoms with Crippen LogP contribution in [0.15, 0.2) is 54.6 Å². The van der Waals surface area contributed by atoms with Crippen LogP contribution < -0.4 is 10.6 Å². The van der Waals surface area contributed by atoms with Crippen molar-refractivity contribution in [2.75, 3.05) is 39.3 Å². The van der Waals surface area contributed by atoms with Crippen molar-refractivity contribution in [3.63, 3.8) is 0 Å². The lowest BCUT2D eigenvalue weighted by Gasteiger charge is -2.39. The molecule has 46 heavy (non-hydrogen) atoms. The van der Waals surface area contributed by atoms with Gasteiger partial charge in [-0.15, -0.1) is 0 Å². The zero-order valence-electron chi connectivity index (χ0n) is 25.9. The second-order valence-electron chi connectivity index (χ2n) is 12.5. The largest absolute Gasteiger partial charge is 0.352 e. The fraction of sp³-hybridized carbons (Fsp3) is 0.500. The van der Waals surface area contributed by atoms with Gasteiger partial charge in [-0.1, -0.05) is 54.6 Å². The SMILES string of the molecule is O=C(C[C@@H]1CCN2C[C@@H]1CC(=O)N(CC(=O)N1CCC(F)(F)CC1)CC(=O)NCc1ccccc1CC2=O)NCc1ccccc1. The summed E-state index contributed by atoms with van der Waals surface area (Å²) in [7, 11) is 0. The van der Waals surface area contributed by atoms with Gasteiger partial charge >= 0.3 is 0 Å². The normalized spacial score (nSPS) is 22.4. The minimum atomic E-state index is -2.83. The van der Waals surface area contributed by atoms with Crippen molar-refractivity contribution in [3.8, 4) is 0 Å². The van der Waals surface area contributed by atoms with Crippen LogP contribution in [0.5, 0.6) is 0 Å². The van der Waals surface area contributed by atoms with Gasteiger partial charge in [0.1, 0.15) is 13.1 Å². The molecule has 2 fully saturated rings. The van der Waals surface area contributed by atoms with Gasteiger partial charge < -0.3 is 25.3 Å². The molecule has 246 valence electrons. The molecule has 5 amide bonds. The van der Waals surface area contributed by atoms with Crippen molar-refractivity contribution < 1.29 is 32.8 Å². The van der Waals surface area contributed by atoms with Gasteiger partial charge in [-0.2, -0.15) is 0 Å². The maximum absolute atomic E-state index is 13.8. The molecule has 5 rings (SSSR count). The molecule has 0 saturated carbocycles. The highest BCUT2D eigenvalue weighted by Crippen LogP contribution is 2.31. The van der Waals surface area contributed by atoms with E-state index >= 15 is 0 Å². The third kappa shape index (κ3) is 8.88.